The molecule has 46 heavy (non-hydrogen) atoms. The molecular formula is C33H48N8O4Si. The van der Waals surface area contributed by atoms with Gasteiger partial charge >= 0.3 is 0 Å². The average molecular weight is 649 g/mol. The fourth-order valence-electron chi connectivity index (χ4n) is 5.83. The minimum atomic E-state index is -1.90. The third-order valence-electron chi connectivity index (χ3n) is 9.74. The second-order valence-corrected chi connectivity index (χ2v) is 18.8. The number of nitrogens with one attached hydrogen (secondary N) is 1. The molecule has 4 aromatic rings. The maximum Gasteiger partial charge on any atom is 0.232 e. The third-order valence-corrected chi connectivity index (χ3v) is 14.2. The van der Waals surface area contributed by atoms with Crippen LogP contribution < -0.4 is 24.4 Å². The number of aryl methyl sites for hydroxylation is 1. The van der Waals surface area contributed by atoms with Crippen molar-refractivity contribution in [2.45, 2.75) is 84.1 Å². The molecule has 12 nitrogen and oxygen atoms in total. The second kappa shape index (κ2) is 12.4. The molecule has 13 heteroatoms. The van der Waals surface area contributed by atoms with Gasteiger partial charge in [0.2, 0.25) is 11.7 Å². The predicted octanol–water partition coefficient (Wildman–Crippen LogP) is 6.49. The Morgan fingerprint density at radius 3 is 2.35 bits per heavy atom. The number of rotatable bonds is 12. The quantitative estimate of drug-likeness (QED) is 0.171. The molecule has 1 saturated carbocycles. The Balaban J connectivity index is 1.34. The molecule has 0 amide bonds. The second-order valence-electron chi connectivity index (χ2n) is 14.0. The minimum Gasteiger partial charge on any atom is -0.493 e. The Hall–Kier alpha value is -3.84. The summed E-state index contributed by atoms with van der Waals surface area (Å²) in [6, 6.07) is 4.00. The number of aromatic nitrogens is 6. The molecule has 248 valence electrons. The van der Waals surface area contributed by atoms with Crippen molar-refractivity contribution in [1.29, 1.82) is 0 Å². The molecule has 1 saturated heterocycles. The van der Waals surface area contributed by atoms with E-state index in [1.54, 1.807) is 27.7 Å². The van der Waals surface area contributed by atoms with Gasteiger partial charge in [-0.2, -0.15) is 15.1 Å². The molecule has 1 aromatic carbocycles. The molecule has 1 aliphatic heterocycles. The SMILES string of the molecule is COc1cc(-n2cnc(Nc3nc(N4CCC[C@H]4CO[Si](C)(C)C(C)(C)C)c4c(C)nn(CC5CC5)c4n3)c2)cc(OC)c1OC. The Morgan fingerprint density at radius 1 is 1.00 bits per heavy atom. The summed E-state index contributed by atoms with van der Waals surface area (Å²) in [6.07, 6.45) is 8.26. The smallest absolute Gasteiger partial charge is 0.232 e. The minimum absolute atomic E-state index is 0.154. The number of methoxy groups -OCH3 is 3. The highest BCUT2D eigenvalue weighted by Crippen LogP contribution is 2.41. The van der Waals surface area contributed by atoms with Gasteiger partial charge in [0.25, 0.3) is 0 Å². The lowest BCUT2D eigenvalue weighted by molar-refractivity contribution is 0.263. The Kier molecular flexibility index (Phi) is 8.66. The molecule has 1 atom stereocenters. The molecule has 6 rings (SSSR count). The molecule has 0 bridgehead atoms. The summed E-state index contributed by atoms with van der Waals surface area (Å²) in [4.78, 5) is 17.2. The van der Waals surface area contributed by atoms with Crippen LogP contribution in [0.5, 0.6) is 17.2 Å². The van der Waals surface area contributed by atoms with E-state index in [1.807, 2.05) is 22.9 Å². The molecule has 0 radical (unpaired) electrons. The zero-order chi connectivity index (χ0) is 32.8. The van der Waals surface area contributed by atoms with Gasteiger partial charge in [0, 0.05) is 25.2 Å². The molecule has 0 unspecified atom stereocenters. The van der Waals surface area contributed by atoms with Crippen molar-refractivity contribution in [1.82, 2.24) is 29.3 Å². The van der Waals surface area contributed by atoms with Crippen molar-refractivity contribution < 1.29 is 18.6 Å². The van der Waals surface area contributed by atoms with Crippen LogP contribution in [-0.4, -0.2) is 78.1 Å². The summed E-state index contributed by atoms with van der Waals surface area (Å²) in [5, 5.41) is 9.53. The van der Waals surface area contributed by atoms with Crippen LogP contribution in [-0.2, 0) is 11.0 Å². The summed E-state index contributed by atoms with van der Waals surface area (Å²) in [6.45, 7) is 16.1. The topological polar surface area (TPSA) is 114 Å². The maximum atomic E-state index is 6.74. The van der Waals surface area contributed by atoms with E-state index in [0.29, 0.717) is 41.5 Å². The highest BCUT2D eigenvalue weighted by atomic mass is 28.4. The summed E-state index contributed by atoms with van der Waals surface area (Å²) in [7, 11) is 2.90. The first-order valence-corrected chi connectivity index (χ1v) is 19.1. The predicted molar refractivity (Wildman–Crippen MR) is 183 cm³/mol. The summed E-state index contributed by atoms with van der Waals surface area (Å²) in [5.74, 6) is 4.34. The highest BCUT2D eigenvalue weighted by Gasteiger charge is 2.39. The molecule has 2 fully saturated rings. The van der Waals surface area contributed by atoms with Crippen LogP contribution in [0.25, 0.3) is 16.7 Å². The van der Waals surface area contributed by atoms with Crippen LogP contribution in [0.4, 0.5) is 17.6 Å². The molecule has 0 spiro atoms. The summed E-state index contributed by atoms with van der Waals surface area (Å²) >= 11 is 0. The van der Waals surface area contributed by atoms with E-state index < -0.39 is 8.32 Å². The number of fused-ring (bicyclic) bond motifs is 1. The molecule has 3 aromatic heterocycles. The van der Waals surface area contributed by atoms with E-state index in [4.69, 9.17) is 33.7 Å². The van der Waals surface area contributed by atoms with Gasteiger partial charge in [-0.3, -0.25) is 0 Å². The highest BCUT2D eigenvalue weighted by molar-refractivity contribution is 6.74. The number of anilines is 3. The van der Waals surface area contributed by atoms with Crippen molar-refractivity contribution in [2.75, 3.05) is 44.7 Å². The first-order valence-electron chi connectivity index (χ1n) is 16.2. The fourth-order valence-corrected chi connectivity index (χ4v) is 6.87. The molecule has 2 aliphatic rings. The third kappa shape index (κ3) is 6.26. The average Bonchev–Trinajstić information content (AvgIpc) is 3.37. The van der Waals surface area contributed by atoms with E-state index in [1.165, 1.54) is 12.8 Å². The number of ether oxygens (including phenoxy) is 3. The van der Waals surface area contributed by atoms with Gasteiger partial charge in [-0.1, -0.05) is 20.8 Å². The lowest BCUT2D eigenvalue weighted by Crippen LogP contribution is -2.45. The summed E-state index contributed by atoms with van der Waals surface area (Å²) in [5.41, 5.74) is 2.63. The zero-order valence-corrected chi connectivity index (χ0v) is 29.7. The van der Waals surface area contributed by atoms with Gasteiger partial charge in [0.15, 0.2) is 31.3 Å². The van der Waals surface area contributed by atoms with Crippen molar-refractivity contribution in [3.05, 3.63) is 30.4 Å². The lowest BCUT2D eigenvalue weighted by Gasteiger charge is -2.38. The molecule has 4 heterocycles. The van der Waals surface area contributed by atoms with Gasteiger partial charge in [0.1, 0.15) is 12.1 Å². The van der Waals surface area contributed by atoms with E-state index in [-0.39, 0.29) is 11.1 Å². The first kappa shape index (κ1) is 32.1. The van der Waals surface area contributed by atoms with Gasteiger partial charge < -0.3 is 33.4 Å². The van der Waals surface area contributed by atoms with Crippen LogP contribution in [0, 0.1) is 12.8 Å². The van der Waals surface area contributed by atoms with Gasteiger partial charge in [-0.05, 0) is 56.7 Å². The van der Waals surface area contributed by atoms with E-state index in [9.17, 15) is 0 Å². The van der Waals surface area contributed by atoms with Crippen molar-refractivity contribution >= 4 is 36.9 Å². The van der Waals surface area contributed by atoms with Crippen molar-refractivity contribution in [3.63, 3.8) is 0 Å². The largest absolute Gasteiger partial charge is 0.493 e. The first-order chi connectivity index (χ1) is 21.9. The van der Waals surface area contributed by atoms with Gasteiger partial charge in [-0.15, -0.1) is 0 Å². The van der Waals surface area contributed by atoms with Crippen molar-refractivity contribution in [2.24, 2.45) is 5.92 Å². The van der Waals surface area contributed by atoms with Crippen LogP contribution >= 0.6 is 0 Å². The van der Waals surface area contributed by atoms with Crippen LogP contribution in [0.1, 0.15) is 52.1 Å². The molecule has 1 N–H and O–H groups in total. The Morgan fingerprint density at radius 2 is 1.72 bits per heavy atom. The van der Waals surface area contributed by atoms with Gasteiger partial charge in [0.05, 0.1) is 56.9 Å². The van der Waals surface area contributed by atoms with Crippen LogP contribution in [0.2, 0.25) is 18.1 Å². The van der Waals surface area contributed by atoms with Crippen LogP contribution in [0.15, 0.2) is 24.7 Å². The van der Waals surface area contributed by atoms with Gasteiger partial charge in [-0.25, -0.2) is 9.67 Å². The fraction of sp³-hybridized carbons (Fsp3) is 0.576. The maximum absolute atomic E-state index is 6.74. The zero-order valence-electron chi connectivity index (χ0n) is 28.7. The number of hydrogen-bond donors (Lipinski definition) is 1. The number of benzene rings is 1. The number of nitrogens with zero attached hydrogens (tertiary/aromatic N) is 7. The number of imidazole rings is 1. The molecule has 1 aliphatic carbocycles. The van der Waals surface area contributed by atoms with Crippen LogP contribution in [0.3, 0.4) is 0 Å². The van der Waals surface area contributed by atoms with E-state index in [0.717, 1.165) is 54.2 Å². The monoisotopic (exact) mass is 648 g/mol. The molecular weight excluding hydrogens is 601 g/mol. The standard InChI is InChI=1S/C33H48N8O4Si/c1-21-28-30(40-14-10-11-23(40)19-45-46(8,9)33(2,3)4)36-32(37-31(28)41(38-21)17-22-12-13-22)35-27-18-39(20-34-27)24-15-25(42-5)29(44-7)26(16-24)43-6/h15-16,18,20,22-23H,10-14,17,19H2,1-9H3,(H,35,36,37)/t23-/m0/s1. The van der Waals surface area contributed by atoms with E-state index in [2.05, 4.69) is 60.7 Å². The Bertz CT molecular complexity index is 1680. The number of hydrogen-bond acceptors (Lipinski definition) is 10. The Labute approximate surface area is 272 Å². The van der Waals surface area contributed by atoms with Crippen molar-refractivity contribution in [3.8, 4) is 22.9 Å². The summed E-state index contributed by atoms with van der Waals surface area (Å²) < 4.78 is 27.3. The lowest BCUT2D eigenvalue weighted by atomic mass is 10.2. The van der Waals surface area contributed by atoms with E-state index >= 15 is 0 Å². The normalized spacial score (nSPS) is 17.2.